The average Bonchev–Trinajstić information content (AvgIpc) is 2.84. The second-order valence-electron chi connectivity index (χ2n) is 4.52. The van der Waals surface area contributed by atoms with E-state index in [1.54, 1.807) is 12.1 Å². The Balaban J connectivity index is 1.92. The molecule has 1 heterocycles. The predicted molar refractivity (Wildman–Crippen MR) is 69.8 cm³/mol. The largest absolute Gasteiger partial charge is 0.478 e. The number of benzene rings is 1. The van der Waals surface area contributed by atoms with E-state index in [-0.39, 0.29) is 5.56 Å². The Bertz CT molecular complexity index is 428. The van der Waals surface area contributed by atoms with Gasteiger partial charge >= 0.3 is 5.97 Å². The molecule has 5 nitrogen and oxygen atoms in total. The van der Waals surface area contributed by atoms with Gasteiger partial charge in [0.1, 0.15) is 0 Å². The highest BCUT2D eigenvalue weighted by atomic mass is 16.5. The molecule has 4 N–H and O–H groups in total. The maximum atomic E-state index is 10.9. The van der Waals surface area contributed by atoms with E-state index in [2.05, 4.69) is 5.32 Å². The molecule has 2 rings (SSSR count). The van der Waals surface area contributed by atoms with Crippen LogP contribution in [0.5, 0.6) is 0 Å². The van der Waals surface area contributed by atoms with Crippen LogP contribution in [0.3, 0.4) is 0 Å². The zero-order chi connectivity index (χ0) is 13.0. The van der Waals surface area contributed by atoms with Crippen molar-refractivity contribution in [1.29, 1.82) is 0 Å². The van der Waals surface area contributed by atoms with Crippen LogP contribution in [-0.4, -0.2) is 30.8 Å². The van der Waals surface area contributed by atoms with Crippen LogP contribution in [0.2, 0.25) is 0 Å². The number of carboxylic acids is 1. The van der Waals surface area contributed by atoms with Crippen molar-refractivity contribution in [2.45, 2.75) is 12.8 Å². The van der Waals surface area contributed by atoms with E-state index < -0.39 is 5.97 Å². The van der Waals surface area contributed by atoms with Gasteiger partial charge in [0.05, 0.1) is 16.9 Å². The van der Waals surface area contributed by atoms with Gasteiger partial charge in [-0.05, 0) is 30.9 Å². The molecule has 1 atom stereocenters. The summed E-state index contributed by atoms with van der Waals surface area (Å²) in [6.45, 7) is 2.45. The van der Waals surface area contributed by atoms with Gasteiger partial charge in [-0.15, -0.1) is 0 Å². The standard InChI is InChI=1S/C13H18N2O3/c14-12-10(13(16)17)2-1-3-11(12)15-6-4-9-5-7-18-8-9/h1-3,9,15H,4-8,14H2,(H,16,17). The van der Waals surface area contributed by atoms with Gasteiger partial charge in [-0.3, -0.25) is 0 Å². The van der Waals surface area contributed by atoms with Gasteiger partial charge in [-0.25, -0.2) is 4.79 Å². The molecule has 1 aliphatic heterocycles. The van der Waals surface area contributed by atoms with Gasteiger partial charge in [0.15, 0.2) is 0 Å². The average molecular weight is 250 g/mol. The normalized spacial score (nSPS) is 18.8. The van der Waals surface area contributed by atoms with Crippen LogP contribution in [0.15, 0.2) is 18.2 Å². The van der Waals surface area contributed by atoms with Crippen molar-refractivity contribution in [3.63, 3.8) is 0 Å². The summed E-state index contributed by atoms with van der Waals surface area (Å²) in [5.74, 6) is -0.401. The Labute approximate surface area is 106 Å². The van der Waals surface area contributed by atoms with E-state index >= 15 is 0 Å². The molecule has 1 aromatic rings. The molecule has 1 unspecified atom stereocenters. The summed E-state index contributed by atoms with van der Waals surface area (Å²) in [5.41, 5.74) is 6.94. The number of nitrogen functional groups attached to an aromatic ring is 1. The van der Waals surface area contributed by atoms with Gasteiger partial charge in [0, 0.05) is 19.8 Å². The predicted octanol–water partition coefficient (Wildman–Crippen LogP) is 1.81. The summed E-state index contributed by atoms with van der Waals surface area (Å²) in [7, 11) is 0. The van der Waals surface area contributed by atoms with Crippen LogP contribution in [-0.2, 0) is 4.74 Å². The van der Waals surface area contributed by atoms with Crippen LogP contribution in [0.4, 0.5) is 11.4 Å². The lowest BCUT2D eigenvalue weighted by atomic mass is 10.1. The number of carboxylic acid groups (broad SMARTS) is 1. The van der Waals surface area contributed by atoms with Crippen LogP contribution >= 0.6 is 0 Å². The van der Waals surface area contributed by atoms with E-state index in [1.807, 2.05) is 0 Å². The molecule has 0 aliphatic carbocycles. The molecule has 0 aromatic heterocycles. The number of anilines is 2. The summed E-state index contributed by atoms with van der Waals surface area (Å²) in [6, 6.07) is 5.00. The first kappa shape index (κ1) is 12.7. The van der Waals surface area contributed by atoms with Gasteiger partial charge in [0.2, 0.25) is 0 Å². The number of para-hydroxylation sites is 1. The van der Waals surface area contributed by atoms with E-state index in [4.69, 9.17) is 15.6 Å². The van der Waals surface area contributed by atoms with E-state index in [0.717, 1.165) is 32.6 Å². The Hall–Kier alpha value is -1.75. The first-order valence-corrected chi connectivity index (χ1v) is 6.12. The minimum absolute atomic E-state index is 0.143. The second kappa shape index (κ2) is 5.73. The van der Waals surface area contributed by atoms with Gasteiger partial charge in [-0.1, -0.05) is 6.07 Å². The van der Waals surface area contributed by atoms with E-state index in [0.29, 0.717) is 17.3 Å². The van der Waals surface area contributed by atoms with Crippen molar-refractivity contribution in [1.82, 2.24) is 0 Å². The van der Waals surface area contributed by atoms with Gasteiger partial charge < -0.3 is 20.9 Å². The molecule has 98 valence electrons. The topological polar surface area (TPSA) is 84.6 Å². The number of ether oxygens (including phenoxy) is 1. The fraction of sp³-hybridized carbons (Fsp3) is 0.462. The van der Waals surface area contributed by atoms with Crippen LogP contribution in [0, 0.1) is 5.92 Å². The summed E-state index contributed by atoms with van der Waals surface area (Å²) >= 11 is 0. The Kier molecular flexibility index (Phi) is 4.04. The van der Waals surface area contributed by atoms with Crippen LogP contribution in [0.25, 0.3) is 0 Å². The van der Waals surface area contributed by atoms with Crippen molar-refractivity contribution >= 4 is 17.3 Å². The van der Waals surface area contributed by atoms with Crippen LogP contribution < -0.4 is 11.1 Å². The third-order valence-corrected chi connectivity index (χ3v) is 3.23. The summed E-state index contributed by atoms with van der Waals surface area (Å²) in [4.78, 5) is 10.9. The molecule has 1 aliphatic rings. The first-order chi connectivity index (χ1) is 8.68. The number of hydrogen-bond acceptors (Lipinski definition) is 4. The quantitative estimate of drug-likeness (QED) is 0.694. The molecule has 0 radical (unpaired) electrons. The fourth-order valence-corrected chi connectivity index (χ4v) is 2.13. The lowest BCUT2D eigenvalue weighted by Crippen LogP contribution is -2.11. The number of aromatic carboxylic acids is 1. The van der Waals surface area contributed by atoms with Crippen molar-refractivity contribution in [3.8, 4) is 0 Å². The second-order valence-corrected chi connectivity index (χ2v) is 4.52. The highest BCUT2D eigenvalue weighted by Crippen LogP contribution is 2.23. The Morgan fingerprint density at radius 1 is 1.56 bits per heavy atom. The Morgan fingerprint density at radius 2 is 2.39 bits per heavy atom. The number of carbonyl (C=O) groups is 1. The third-order valence-electron chi connectivity index (χ3n) is 3.23. The molecule has 18 heavy (non-hydrogen) atoms. The van der Waals surface area contributed by atoms with Gasteiger partial charge in [-0.2, -0.15) is 0 Å². The van der Waals surface area contributed by atoms with Crippen LogP contribution in [0.1, 0.15) is 23.2 Å². The highest BCUT2D eigenvalue weighted by molar-refractivity contribution is 5.97. The molecule has 0 bridgehead atoms. The maximum Gasteiger partial charge on any atom is 0.337 e. The van der Waals surface area contributed by atoms with Crippen molar-refractivity contribution in [2.24, 2.45) is 5.92 Å². The monoisotopic (exact) mass is 250 g/mol. The zero-order valence-corrected chi connectivity index (χ0v) is 10.2. The first-order valence-electron chi connectivity index (χ1n) is 6.12. The minimum Gasteiger partial charge on any atom is -0.478 e. The molecule has 1 fully saturated rings. The highest BCUT2D eigenvalue weighted by Gasteiger charge is 2.15. The summed E-state index contributed by atoms with van der Waals surface area (Å²) in [5, 5.41) is 12.2. The SMILES string of the molecule is Nc1c(NCCC2CCOC2)cccc1C(=O)O. The molecule has 0 saturated carbocycles. The number of nitrogens with two attached hydrogens (primary N) is 1. The van der Waals surface area contributed by atoms with Crippen molar-refractivity contribution in [2.75, 3.05) is 30.8 Å². The van der Waals surface area contributed by atoms with E-state index in [9.17, 15) is 4.79 Å². The third kappa shape index (κ3) is 2.92. The van der Waals surface area contributed by atoms with Crippen molar-refractivity contribution < 1.29 is 14.6 Å². The molecule has 0 spiro atoms. The number of hydrogen-bond donors (Lipinski definition) is 3. The smallest absolute Gasteiger partial charge is 0.337 e. The molecule has 0 amide bonds. The van der Waals surface area contributed by atoms with E-state index in [1.165, 1.54) is 6.07 Å². The fourth-order valence-electron chi connectivity index (χ4n) is 2.13. The molecule has 5 heteroatoms. The summed E-state index contributed by atoms with van der Waals surface area (Å²) < 4.78 is 5.30. The molecular formula is C13H18N2O3. The summed E-state index contributed by atoms with van der Waals surface area (Å²) in [6.07, 6.45) is 2.11. The zero-order valence-electron chi connectivity index (χ0n) is 10.2. The lowest BCUT2D eigenvalue weighted by Gasteiger charge is -2.12. The maximum absolute atomic E-state index is 10.9. The van der Waals surface area contributed by atoms with Crippen molar-refractivity contribution in [3.05, 3.63) is 23.8 Å². The lowest BCUT2D eigenvalue weighted by molar-refractivity contribution is 0.0698. The molecule has 1 aromatic carbocycles. The van der Waals surface area contributed by atoms with Gasteiger partial charge in [0.25, 0.3) is 0 Å². The molecule has 1 saturated heterocycles. The molecular weight excluding hydrogens is 232 g/mol. The Morgan fingerprint density at radius 3 is 3.06 bits per heavy atom. The number of rotatable bonds is 5. The minimum atomic E-state index is -1.000. The number of nitrogens with one attached hydrogen (secondary N) is 1.